The highest BCUT2D eigenvalue weighted by molar-refractivity contribution is 14.0. The molecule has 1 aromatic heterocycles. The molecule has 0 spiro atoms. The van der Waals surface area contributed by atoms with E-state index in [0.717, 1.165) is 96.4 Å². The molecule has 1 aliphatic rings. The Balaban J connectivity index is 0.00000420. The van der Waals surface area contributed by atoms with Crippen molar-refractivity contribution in [3.63, 3.8) is 0 Å². The molecule has 0 bridgehead atoms. The molecule has 8 heteroatoms. The van der Waals surface area contributed by atoms with Crippen LogP contribution >= 0.6 is 24.0 Å². The van der Waals surface area contributed by atoms with Crippen molar-refractivity contribution >= 4 is 29.9 Å². The standard InChI is InChI=1S/C21H38N4O3.HI/c1-3-27-17-5-11-22-21(23-12-8-20-7-4-18-28-20)24-19-9-14-25(15-10-19)13-6-16-26-2;/h4,7,18-19H,3,5-6,8-17H2,1-2H3,(H2,22,23,24);1H. The van der Waals surface area contributed by atoms with Crippen LogP contribution in [0.1, 0.15) is 38.4 Å². The average molecular weight is 522 g/mol. The summed E-state index contributed by atoms with van der Waals surface area (Å²) < 4.78 is 16.0. The van der Waals surface area contributed by atoms with Crippen molar-refractivity contribution in [1.29, 1.82) is 0 Å². The van der Waals surface area contributed by atoms with Crippen LogP contribution in [-0.2, 0) is 15.9 Å². The van der Waals surface area contributed by atoms with Gasteiger partial charge < -0.3 is 29.4 Å². The lowest BCUT2D eigenvalue weighted by molar-refractivity contribution is 0.146. The van der Waals surface area contributed by atoms with Crippen molar-refractivity contribution in [2.24, 2.45) is 4.99 Å². The van der Waals surface area contributed by atoms with Gasteiger partial charge in [0, 0.05) is 72.1 Å². The van der Waals surface area contributed by atoms with Gasteiger partial charge in [0.2, 0.25) is 0 Å². The summed E-state index contributed by atoms with van der Waals surface area (Å²) in [6.45, 7) is 9.35. The Labute approximate surface area is 193 Å². The number of methoxy groups -OCH3 is 1. The van der Waals surface area contributed by atoms with Crippen molar-refractivity contribution in [3.05, 3.63) is 24.2 Å². The maximum absolute atomic E-state index is 5.41. The minimum Gasteiger partial charge on any atom is -0.469 e. The largest absolute Gasteiger partial charge is 0.469 e. The van der Waals surface area contributed by atoms with E-state index in [0.29, 0.717) is 6.04 Å². The number of ether oxygens (including phenoxy) is 2. The Bertz CT molecular complexity index is 520. The molecule has 1 aromatic rings. The molecule has 1 saturated heterocycles. The number of nitrogens with one attached hydrogen (secondary N) is 2. The zero-order chi connectivity index (χ0) is 19.9. The second-order valence-electron chi connectivity index (χ2n) is 7.14. The maximum Gasteiger partial charge on any atom is 0.191 e. The highest BCUT2D eigenvalue weighted by atomic mass is 127. The first-order chi connectivity index (χ1) is 13.8. The molecule has 0 aromatic carbocycles. The lowest BCUT2D eigenvalue weighted by atomic mass is 10.1. The first-order valence-corrected chi connectivity index (χ1v) is 10.7. The Kier molecular flexibility index (Phi) is 15.3. The first-order valence-electron chi connectivity index (χ1n) is 10.7. The Hall–Kier alpha value is -0.840. The molecule has 1 fully saturated rings. The van der Waals surface area contributed by atoms with Crippen LogP contribution in [-0.4, -0.2) is 76.6 Å². The number of likely N-dealkylation sites (tertiary alicyclic amines) is 1. The normalized spacial score (nSPS) is 15.9. The zero-order valence-corrected chi connectivity index (χ0v) is 20.4. The Morgan fingerprint density at radius 3 is 2.79 bits per heavy atom. The van der Waals surface area contributed by atoms with Gasteiger partial charge in [0.25, 0.3) is 0 Å². The summed E-state index contributed by atoms with van der Waals surface area (Å²) in [5, 5.41) is 7.09. The fourth-order valence-corrected chi connectivity index (χ4v) is 3.34. The zero-order valence-electron chi connectivity index (χ0n) is 18.0. The summed E-state index contributed by atoms with van der Waals surface area (Å²) in [4.78, 5) is 7.27. The fraction of sp³-hybridized carbons (Fsp3) is 0.762. The van der Waals surface area contributed by atoms with Crippen LogP contribution in [0.15, 0.2) is 27.8 Å². The van der Waals surface area contributed by atoms with E-state index in [4.69, 9.17) is 18.9 Å². The molecule has 2 N–H and O–H groups in total. The van der Waals surface area contributed by atoms with Crippen LogP contribution in [0.3, 0.4) is 0 Å². The summed E-state index contributed by atoms with van der Waals surface area (Å²) >= 11 is 0. The van der Waals surface area contributed by atoms with Gasteiger partial charge in [-0.2, -0.15) is 0 Å². The number of nitrogens with zero attached hydrogens (tertiary/aromatic N) is 2. The second kappa shape index (κ2) is 16.9. The lowest BCUT2D eigenvalue weighted by Gasteiger charge is -2.33. The summed E-state index contributed by atoms with van der Waals surface area (Å²) in [5.41, 5.74) is 0. The molecule has 0 radical (unpaired) electrons. The van der Waals surface area contributed by atoms with Gasteiger partial charge in [0.05, 0.1) is 6.26 Å². The predicted octanol–water partition coefficient (Wildman–Crippen LogP) is 2.90. The molecule has 2 heterocycles. The Morgan fingerprint density at radius 1 is 1.28 bits per heavy atom. The van der Waals surface area contributed by atoms with Gasteiger partial charge >= 0.3 is 0 Å². The van der Waals surface area contributed by atoms with Gasteiger partial charge in [-0.3, -0.25) is 4.99 Å². The SMILES string of the molecule is CCOCCCN=C(NCCc1ccco1)NC1CCN(CCCOC)CC1.I. The van der Waals surface area contributed by atoms with E-state index in [1.54, 1.807) is 13.4 Å². The van der Waals surface area contributed by atoms with E-state index < -0.39 is 0 Å². The molecule has 2 rings (SSSR count). The fourth-order valence-electron chi connectivity index (χ4n) is 3.34. The third-order valence-corrected chi connectivity index (χ3v) is 4.92. The molecular weight excluding hydrogens is 483 g/mol. The minimum atomic E-state index is 0. The van der Waals surface area contributed by atoms with Gasteiger partial charge in [-0.15, -0.1) is 24.0 Å². The highest BCUT2D eigenvalue weighted by Gasteiger charge is 2.19. The third-order valence-electron chi connectivity index (χ3n) is 4.92. The van der Waals surface area contributed by atoms with Gasteiger partial charge in [-0.05, 0) is 44.7 Å². The molecule has 0 unspecified atom stereocenters. The molecule has 0 saturated carbocycles. The van der Waals surface area contributed by atoms with E-state index in [2.05, 4.69) is 15.5 Å². The second-order valence-corrected chi connectivity index (χ2v) is 7.14. The van der Waals surface area contributed by atoms with E-state index >= 15 is 0 Å². The van der Waals surface area contributed by atoms with Crippen LogP contribution in [0.4, 0.5) is 0 Å². The molecule has 1 aliphatic heterocycles. The highest BCUT2D eigenvalue weighted by Crippen LogP contribution is 2.10. The molecular formula is C21H39IN4O3. The van der Waals surface area contributed by atoms with Crippen LogP contribution in [0, 0.1) is 0 Å². The molecule has 168 valence electrons. The van der Waals surface area contributed by atoms with Crippen LogP contribution in [0.5, 0.6) is 0 Å². The minimum absolute atomic E-state index is 0. The third kappa shape index (κ3) is 11.8. The molecule has 0 amide bonds. The van der Waals surface area contributed by atoms with Crippen molar-refractivity contribution in [2.45, 2.75) is 45.1 Å². The monoisotopic (exact) mass is 522 g/mol. The molecule has 0 atom stereocenters. The molecule has 29 heavy (non-hydrogen) atoms. The quantitative estimate of drug-likeness (QED) is 0.180. The summed E-state index contributed by atoms with van der Waals surface area (Å²) in [6.07, 6.45) is 6.91. The van der Waals surface area contributed by atoms with Gasteiger partial charge in [-0.25, -0.2) is 0 Å². The van der Waals surface area contributed by atoms with Crippen LogP contribution < -0.4 is 10.6 Å². The van der Waals surface area contributed by atoms with Gasteiger partial charge in [-0.1, -0.05) is 0 Å². The van der Waals surface area contributed by atoms with Crippen LogP contribution in [0.2, 0.25) is 0 Å². The van der Waals surface area contributed by atoms with E-state index in [-0.39, 0.29) is 24.0 Å². The lowest BCUT2D eigenvalue weighted by Crippen LogP contribution is -2.49. The predicted molar refractivity (Wildman–Crippen MR) is 128 cm³/mol. The first kappa shape index (κ1) is 26.2. The van der Waals surface area contributed by atoms with Crippen molar-refractivity contribution in [3.8, 4) is 0 Å². The van der Waals surface area contributed by atoms with Crippen molar-refractivity contribution in [1.82, 2.24) is 15.5 Å². The van der Waals surface area contributed by atoms with Crippen molar-refractivity contribution in [2.75, 3.05) is 59.7 Å². The van der Waals surface area contributed by atoms with Crippen molar-refractivity contribution < 1.29 is 13.9 Å². The number of aliphatic imine (C=N–C) groups is 1. The smallest absolute Gasteiger partial charge is 0.191 e. The maximum atomic E-state index is 5.41. The Morgan fingerprint density at radius 2 is 2.10 bits per heavy atom. The van der Waals surface area contributed by atoms with E-state index in [1.165, 1.54) is 0 Å². The number of hydrogen-bond donors (Lipinski definition) is 2. The van der Waals surface area contributed by atoms with E-state index in [1.807, 2.05) is 19.1 Å². The van der Waals surface area contributed by atoms with Crippen LogP contribution in [0.25, 0.3) is 0 Å². The molecule has 0 aliphatic carbocycles. The number of rotatable bonds is 13. The van der Waals surface area contributed by atoms with Gasteiger partial charge in [0.15, 0.2) is 5.96 Å². The average Bonchev–Trinajstić information content (AvgIpc) is 3.22. The number of furan rings is 1. The summed E-state index contributed by atoms with van der Waals surface area (Å²) in [6, 6.07) is 4.41. The topological polar surface area (TPSA) is 71.3 Å². The van der Waals surface area contributed by atoms with E-state index in [9.17, 15) is 0 Å². The summed E-state index contributed by atoms with van der Waals surface area (Å²) in [5.74, 6) is 1.90. The van der Waals surface area contributed by atoms with Gasteiger partial charge in [0.1, 0.15) is 5.76 Å². The number of guanidine groups is 1. The number of piperidine rings is 1. The number of halogens is 1. The molecule has 7 nitrogen and oxygen atoms in total. The number of hydrogen-bond acceptors (Lipinski definition) is 5. The summed E-state index contributed by atoms with van der Waals surface area (Å²) in [7, 11) is 1.77.